The molecule has 0 saturated heterocycles. The van der Waals surface area contributed by atoms with E-state index in [4.69, 9.17) is 0 Å². The SMILES string of the molecule is CC(Nc1ncc(Br)cc1C(F)(F)F)C1CC1. The van der Waals surface area contributed by atoms with Gasteiger partial charge in [0.05, 0.1) is 5.56 Å². The van der Waals surface area contributed by atoms with Crippen LogP contribution in [-0.2, 0) is 6.18 Å². The van der Waals surface area contributed by atoms with Crippen LogP contribution >= 0.6 is 15.9 Å². The summed E-state index contributed by atoms with van der Waals surface area (Å²) < 4.78 is 38.7. The molecule has 1 aliphatic carbocycles. The van der Waals surface area contributed by atoms with E-state index < -0.39 is 11.7 Å². The highest BCUT2D eigenvalue weighted by Gasteiger charge is 2.36. The molecular weight excluding hydrogens is 297 g/mol. The molecule has 0 bridgehead atoms. The van der Waals surface area contributed by atoms with Gasteiger partial charge in [0.1, 0.15) is 5.82 Å². The van der Waals surface area contributed by atoms with Gasteiger partial charge in [-0.05, 0) is 47.7 Å². The van der Waals surface area contributed by atoms with Crippen molar-refractivity contribution in [2.45, 2.75) is 32.0 Å². The number of pyridine rings is 1. The van der Waals surface area contributed by atoms with E-state index in [9.17, 15) is 13.2 Å². The molecule has 0 amide bonds. The third-order valence-corrected chi connectivity index (χ3v) is 3.29. The van der Waals surface area contributed by atoms with Gasteiger partial charge < -0.3 is 5.32 Å². The van der Waals surface area contributed by atoms with E-state index in [0.29, 0.717) is 10.4 Å². The van der Waals surface area contributed by atoms with Gasteiger partial charge in [0.25, 0.3) is 0 Å². The second-order valence-corrected chi connectivity index (χ2v) is 5.23. The van der Waals surface area contributed by atoms with Crippen LogP contribution in [0.15, 0.2) is 16.7 Å². The zero-order valence-corrected chi connectivity index (χ0v) is 10.8. The van der Waals surface area contributed by atoms with Crippen LogP contribution in [-0.4, -0.2) is 11.0 Å². The third kappa shape index (κ3) is 3.12. The first-order valence-electron chi connectivity index (χ1n) is 5.37. The van der Waals surface area contributed by atoms with E-state index in [0.717, 1.165) is 18.9 Å². The lowest BCUT2D eigenvalue weighted by atomic mass is 10.2. The summed E-state index contributed by atoms with van der Waals surface area (Å²) in [4.78, 5) is 3.82. The maximum Gasteiger partial charge on any atom is 0.419 e. The van der Waals surface area contributed by atoms with Gasteiger partial charge in [0.15, 0.2) is 0 Å². The molecule has 1 aromatic heterocycles. The van der Waals surface area contributed by atoms with E-state index in [1.165, 1.54) is 6.20 Å². The van der Waals surface area contributed by atoms with Crippen molar-refractivity contribution in [3.63, 3.8) is 0 Å². The van der Waals surface area contributed by atoms with Gasteiger partial charge in [-0.15, -0.1) is 0 Å². The Labute approximate surface area is 106 Å². The van der Waals surface area contributed by atoms with Crippen molar-refractivity contribution in [1.29, 1.82) is 0 Å². The molecule has 1 saturated carbocycles. The number of nitrogens with one attached hydrogen (secondary N) is 1. The maximum absolute atomic E-state index is 12.8. The quantitative estimate of drug-likeness (QED) is 0.910. The predicted molar refractivity (Wildman–Crippen MR) is 62.7 cm³/mol. The first-order chi connectivity index (χ1) is 7.88. The van der Waals surface area contributed by atoms with Crippen LogP contribution in [0.5, 0.6) is 0 Å². The Balaban J connectivity index is 2.25. The molecule has 2 rings (SSSR count). The Bertz CT molecular complexity index is 416. The Morgan fingerprint density at radius 1 is 1.47 bits per heavy atom. The van der Waals surface area contributed by atoms with Crippen LogP contribution in [0, 0.1) is 5.92 Å². The summed E-state index contributed by atoms with van der Waals surface area (Å²) in [6, 6.07) is 1.08. The number of alkyl halides is 3. The minimum Gasteiger partial charge on any atom is -0.367 e. The van der Waals surface area contributed by atoms with Crippen molar-refractivity contribution < 1.29 is 13.2 Å². The highest BCUT2D eigenvalue weighted by molar-refractivity contribution is 9.10. The van der Waals surface area contributed by atoms with Gasteiger partial charge in [-0.2, -0.15) is 13.2 Å². The molecule has 1 N–H and O–H groups in total. The van der Waals surface area contributed by atoms with E-state index in [1.807, 2.05) is 6.92 Å². The molecule has 0 radical (unpaired) electrons. The van der Waals surface area contributed by atoms with Gasteiger partial charge in [0, 0.05) is 16.7 Å². The molecule has 1 aliphatic rings. The second-order valence-electron chi connectivity index (χ2n) is 4.32. The van der Waals surface area contributed by atoms with Crippen LogP contribution < -0.4 is 5.32 Å². The molecule has 94 valence electrons. The highest BCUT2D eigenvalue weighted by Crippen LogP contribution is 2.38. The van der Waals surface area contributed by atoms with Crippen molar-refractivity contribution in [2.24, 2.45) is 5.92 Å². The Morgan fingerprint density at radius 3 is 2.65 bits per heavy atom. The molecule has 1 unspecified atom stereocenters. The number of hydrogen-bond acceptors (Lipinski definition) is 2. The standard InChI is InChI=1S/C11H12BrF3N2/c1-6(7-2-3-7)17-10-9(11(13,14)15)4-8(12)5-16-10/h4-7H,2-3H2,1H3,(H,16,17). The molecule has 1 fully saturated rings. The van der Waals surface area contributed by atoms with Gasteiger partial charge in [0.2, 0.25) is 0 Å². The van der Waals surface area contributed by atoms with Crippen LogP contribution in [0.1, 0.15) is 25.3 Å². The third-order valence-electron chi connectivity index (χ3n) is 2.85. The smallest absolute Gasteiger partial charge is 0.367 e. The maximum atomic E-state index is 12.8. The minimum atomic E-state index is -4.39. The molecule has 1 atom stereocenters. The second kappa shape index (κ2) is 4.48. The molecule has 0 spiro atoms. The number of aromatic nitrogens is 1. The monoisotopic (exact) mass is 308 g/mol. The van der Waals surface area contributed by atoms with Crippen LogP contribution in [0.4, 0.5) is 19.0 Å². The summed E-state index contributed by atoms with van der Waals surface area (Å²) >= 11 is 3.01. The van der Waals surface area contributed by atoms with Crippen LogP contribution in [0.25, 0.3) is 0 Å². The lowest BCUT2D eigenvalue weighted by molar-refractivity contribution is -0.137. The fourth-order valence-corrected chi connectivity index (χ4v) is 2.03. The van der Waals surface area contributed by atoms with Crippen molar-refractivity contribution in [1.82, 2.24) is 4.98 Å². The first kappa shape index (κ1) is 12.7. The summed E-state index contributed by atoms with van der Waals surface area (Å²) in [5.41, 5.74) is -0.723. The summed E-state index contributed by atoms with van der Waals surface area (Å²) in [6.45, 7) is 1.89. The van der Waals surface area contributed by atoms with Crippen molar-refractivity contribution in [2.75, 3.05) is 5.32 Å². The molecule has 1 aromatic rings. The molecule has 1 heterocycles. The number of rotatable bonds is 3. The van der Waals surface area contributed by atoms with Crippen LogP contribution in [0.2, 0.25) is 0 Å². The first-order valence-corrected chi connectivity index (χ1v) is 6.16. The van der Waals surface area contributed by atoms with Gasteiger partial charge >= 0.3 is 6.18 Å². The zero-order chi connectivity index (χ0) is 12.6. The topological polar surface area (TPSA) is 24.9 Å². The molecular formula is C11H12BrF3N2. The summed E-state index contributed by atoms with van der Waals surface area (Å²) in [5.74, 6) is 0.390. The zero-order valence-electron chi connectivity index (χ0n) is 9.18. The number of nitrogens with zero attached hydrogens (tertiary/aromatic N) is 1. The Hall–Kier alpha value is -0.780. The molecule has 6 heteroatoms. The summed E-state index contributed by atoms with van der Waals surface area (Å²) in [5, 5.41) is 2.85. The van der Waals surface area contributed by atoms with E-state index in [-0.39, 0.29) is 11.9 Å². The lowest BCUT2D eigenvalue weighted by Crippen LogP contribution is -2.21. The van der Waals surface area contributed by atoms with Gasteiger partial charge in [-0.3, -0.25) is 0 Å². The van der Waals surface area contributed by atoms with E-state index in [2.05, 4.69) is 26.2 Å². The van der Waals surface area contributed by atoms with Crippen molar-refractivity contribution in [3.05, 3.63) is 22.3 Å². The molecule has 0 aliphatic heterocycles. The Morgan fingerprint density at radius 2 is 2.12 bits per heavy atom. The van der Waals surface area contributed by atoms with E-state index >= 15 is 0 Å². The average molecular weight is 309 g/mol. The average Bonchev–Trinajstić information content (AvgIpc) is 3.02. The number of anilines is 1. The largest absolute Gasteiger partial charge is 0.419 e. The fraction of sp³-hybridized carbons (Fsp3) is 0.545. The van der Waals surface area contributed by atoms with Gasteiger partial charge in [-0.25, -0.2) is 4.98 Å². The normalized spacial score (nSPS) is 17.9. The number of halogens is 4. The van der Waals surface area contributed by atoms with Gasteiger partial charge in [-0.1, -0.05) is 0 Å². The minimum absolute atomic E-state index is 0.0322. The van der Waals surface area contributed by atoms with Crippen molar-refractivity contribution >= 4 is 21.7 Å². The Kier molecular flexibility index (Phi) is 3.34. The summed E-state index contributed by atoms with van der Waals surface area (Å²) in [7, 11) is 0. The van der Waals surface area contributed by atoms with Crippen molar-refractivity contribution in [3.8, 4) is 0 Å². The van der Waals surface area contributed by atoms with E-state index in [1.54, 1.807) is 0 Å². The highest BCUT2D eigenvalue weighted by atomic mass is 79.9. The lowest BCUT2D eigenvalue weighted by Gasteiger charge is -2.18. The molecule has 0 aromatic carbocycles. The molecule has 2 nitrogen and oxygen atoms in total. The fourth-order valence-electron chi connectivity index (χ4n) is 1.70. The summed E-state index contributed by atoms with van der Waals surface area (Å²) in [6.07, 6.45) is -0.863. The number of hydrogen-bond donors (Lipinski definition) is 1. The van der Waals surface area contributed by atoms with Crippen LogP contribution in [0.3, 0.4) is 0 Å². The molecule has 17 heavy (non-hydrogen) atoms. The predicted octanol–water partition coefficient (Wildman–Crippen LogP) is 4.07.